The molecule has 0 aromatic rings. The Morgan fingerprint density at radius 1 is 0.520 bits per heavy atom. The molecule has 25 heavy (non-hydrogen) atoms. The monoisotopic (exact) mass is 357 g/mol. The fraction of sp³-hybridized carbons (Fsp3) is 1.00. The second kappa shape index (κ2) is 18.7. The van der Waals surface area contributed by atoms with E-state index in [1.165, 1.54) is 96.3 Å². The zero-order valence-corrected chi connectivity index (χ0v) is 17.5. The van der Waals surface area contributed by atoms with Crippen LogP contribution in [0.25, 0.3) is 0 Å². The Labute approximate surface area is 158 Å². The number of hydrogen-bond acceptors (Lipinski definition) is 3. The minimum Gasteiger partial charge on any atom is -0.379 e. The summed E-state index contributed by atoms with van der Waals surface area (Å²) in [6.07, 6.45) is 20.8. The lowest BCUT2D eigenvalue weighted by Gasteiger charge is -2.27. The summed E-state index contributed by atoms with van der Waals surface area (Å²) in [4.78, 5) is 1.74. The summed E-state index contributed by atoms with van der Waals surface area (Å²) in [5, 5.41) is 19.1. The standard InChI is InChI=1S/C22H47NO2/c1-4-5-6-7-8-9-10-11-12-13-14-15-16-17-18-19-20-23(21(2)24)22(3)25/h21-22,24-25H,4-20H2,1-3H3. The van der Waals surface area contributed by atoms with E-state index in [1.807, 2.05) is 0 Å². The smallest absolute Gasteiger partial charge is 0.106 e. The van der Waals surface area contributed by atoms with Crippen molar-refractivity contribution in [3.8, 4) is 0 Å². The Hall–Kier alpha value is -0.120. The van der Waals surface area contributed by atoms with Gasteiger partial charge in [-0.3, -0.25) is 4.90 Å². The van der Waals surface area contributed by atoms with Gasteiger partial charge in [0, 0.05) is 6.54 Å². The zero-order chi connectivity index (χ0) is 18.8. The number of rotatable bonds is 19. The Morgan fingerprint density at radius 3 is 1.08 bits per heavy atom. The van der Waals surface area contributed by atoms with E-state index in [0.717, 1.165) is 13.0 Å². The Bertz CT molecular complexity index is 248. The van der Waals surface area contributed by atoms with Crippen LogP contribution < -0.4 is 0 Å². The summed E-state index contributed by atoms with van der Waals surface area (Å²) >= 11 is 0. The molecule has 2 N–H and O–H groups in total. The predicted octanol–water partition coefficient (Wildman–Crippen LogP) is 6.23. The SMILES string of the molecule is CCCCCCCCCCCCCCCCCCN(C(C)O)C(C)O. The van der Waals surface area contributed by atoms with E-state index in [1.54, 1.807) is 18.7 Å². The third kappa shape index (κ3) is 17.1. The summed E-state index contributed by atoms with van der Waals surface area (Å²) < 4.78 is 0. The summed E-state index contributed by atoms with van der Waals surface area (Å²) in [6.45, 7) is 6.51. The van der Waals surface area contributed by atoms with Crippen LogP contribution in [0.3, 0.4) is 0 Å². The molecule has 0 heterocycles. The highest BCUT2D eigenvalue weighted by Gasteiger charge is 2.14. The van der Waals surface area contributed by atoms with Crippen molar-refractivity contribution in [2.24, 2.45) is 0 Å². The highest BCUT2D eigenvalue weighted by Crippen LogP contribution is 2.14. The van der Waals surface area contributed by atoms with E-state index in [9.17, 15) is 10.2 Å². The molecule has 0 fully saturated rings. The molecule has 0 aliphatic rings. The van der Waals surface area contributed by atoms with Gasteiger partial charge >= 0.3 is 0 Å². The van der Waals surface area contributed by atoms with E-state index in [4.69, 9.17) is 0 Å². The molecule has 0 spiro atoms. The van der Waals surface area contributed by atoms with Crippen molar-refractivity contribution in [2.45, 2.75) is 136 Å². The van der Waals surface area contributed by atoms with Gasteiger partial charge in [0.25, 0.3) is 0 Å². The quantitative estimate of drug-likeness (QED) is 0.213. The topological polar surface area (TPSA) is 43.7 Å². The summed E-state index contributed by atoms with van der Waals surface area (Å²) in [5.74, 6) is 0. The lowest BCUT2D eigenvalue weighted by Crippen LogP contribution is -2.40. The van der Waals surface area contributed by atoms with E-state index in [0.29, 0.717) is 0 Å². The van der Waals surface area contributed by atoms with Crippen LogP contribution in [-0.4, -0.2) is 34.1 Å². The highest BCUT2D eigenvalue weighted by atomic mass is 16.3. The molecule has 0 bridgehead atoms. The van der Waals surface area contributed by atoms with Crippen LogP contribution in [0, 0.1) is 0 Å². The van der Waals surface area contributed by atoms with E-state index in [-0.39, 0.29) is 0 Å². The maximum atomic E-state index is 9.57. The van der Waals surface area contributed by atoms with Crippen LogP contribution in [-0.2, 0) is 0 Å². The Kier molecular flexibility index (Phi) is 18.6. The number of aliphatic hydroxyl groups excluding tert-OH is 2. The largest absolute Gasteiger partial charge is 0.379 e. The summed E-state index contributed by atoms with van der Waals surface area (Å²) in [5.41, 5.74) is 0. The highest BCUT2D eigenvalue weighted by molar-refractivity contribution is 4.59. The first kappa shape index (κ1) is 24.9. The normalized spacial score (nSPS) is 14.2. The molecule has 0 aromatic carbocycles. The number of aliphatic hydroxyl groups is 2. The second-order valence-electron chi connectivity index (χ2n) is 7.80. The van der Waals surface area contributed by atoms with Gasteiger partial charge in [0.1, 0.15) is 12.5 Å². The molecular weight excluding hydrogens is 310 g/mol. The van der Waals surface area contributed by atoms with Gasteiger partial charge in [-0.1, -0.05) is 103 Å². The third-order valence-electron chi connectivity index (χ3n) is 5.23. The molecule has 152 valence electrons. The lowest BCUT2D eigenvalue weighted by molar-refractivity contribution is -0.0844. The molecular formula is C22H47NO2. The van der Waals surface area contributed by atoms with Gasteiger partial charge in [-0.15, -0.1) is 0 Å². The van der Waals surface area contributed by atoms with Crippen LogP contribution in [0.15, 0.2) is 0 Å². The van der Waals surface area contributed by atoms with Crippen molar-refractivity contribution >= 4 is 0 Å². The third-order valence-corrected chi connectivity index (χ3v) is 5.23. The predicted molar refractivity (Wildman–Crippen MR) is 110 cm³/mol. The molecule has 3 nitrogen and oxygen atoms in total. The fourth-order valence-corrected chi connectivity index (χ4v) is 3.53. The van der Waals surface area contributed by atoms with Crippen molar-refractivity contribution < 1.29 is 10.2 Å². The van der Waals surface area contributed by atoms with Crippen molar-refractivity contribution in [3.05, 3.63) is 0 Å². The van der Waals surface area contributed by atoms with Crippen LogP contribution >= 0.6 is 0 Å². The first-order valence-electron chi connectivity index (χ1n) is 11.2. The molecule has 0 aliphatic carbocycles. The minimum absolute atomic E-state index is 0.559. The number of hydrogen-bond donors (Lipinski definition) is 2. The van der Waals surface area contributed by atoms with Crippen LogP contribution in [0.2, 0.25) is 0 Å². The second-order valence-corrected chi connectivity index (χ2v) is 7.80. The molecule has 0 amide bonds. The van der Waals surface area contributed by atoms with Gasteiger partial charge in [-0.2, -0.15) is 0 Å². The average molecular weight is 358 g/mol. The molecule has 0 radical (unpaired) electrons. The molecule has 0 saturated heterocycles. The molecule has 3 heteroatoms. The van der Waals surface area contributed by atoms with Gasteiger partial charge in [0.05, 0.1) is 0 Å². The maximum absolute atomic E-state index is 9.57. The van der Waals surface area contributed by atoms with E-state index < -0.39 is 12.5 Å². The summed E-state index contributed by atoms with van der Waals surface area (Å²) in [7, 11) is 0. The first-order chi connectivity index (χ1) is 12.1. The van der Waals surface area contributed by atoms with Gasteiger partial charge in [0.2, 0.25) is 0 Å². The Morgan fingerprint density at radius 2 is 0.800 bits per heavy atom. The molecule has 2 atom stereocenters. The van der Waals surface area contributed by atoms with Crippen LogP contribution in [0.1, 0.15) is 124 Å². The van der Waals surface area contributed by atoms with Crippen LogP contribution in [0.4, 0.5) is 0 Å². The first-order valence-corrected chi connectivity index (χ1v) is 11.2. The van der Waals surface area contributed by atoms with Crippen molar-refractivity contribution in [1.82, 2.24) is 4.90 Å². The van der Waals surface area contributed by atoms with Gasteiger partial charge in [-0.05, 0) is 20.3 Å². The lowest BCUT2D eigenvalue weighted by atomic mass is 10.0. The van der Waals surface area contributed by atoms with E-state index >= 15 is 0 Å². The van der Waals surface area contributed by atoms with Gasteiger partial charge in [0.15, 0.2) is 0 Å². The molecule has 0 aromatic heterocycles. The van der Waals surface area contributed by atoms with E-state index in [2.05, 4.69) is 6.92 Å². The average Bonchev–Trinajstić information content (AvgIpc) is 2.57. The van der Waals surface area contributed by atoms with Crippen LogP contribution in [0.5, 0.6) is 0 Å². The van der Waals surface area contributed by atoms with Gasteiger partial charge in [-0.25, -0.2) is 0 Å². The number of nitrogens with zero attached hydrogens (tertiary/aromatic N) is 1. The van der Waals surface area contributed by atoms with Crippen molar-refractivity contribution in [2.75, 3.05) is 6.54 Å². The molecule has 0 rings (SSSR count). The maximum Gasteiger partial charge on any atom is 0.106 e. The number of unbranched alkanes of at least 4 members (excludes halogenated alkanes) is 15. The minimum atomic E-state index is -0.559. The molecule has 0 saturated carbocycles. The fourth-order valence-electron chi connectivity index (χ4n) is 3.53. The summed E-state index contributed by atoms with van der Waals surface area (Å²) in [6, 6.07) is 0. The Balaban J connectivity index is 3.19. The van der Waals surface area contributed by atoms with Crippen molar-refractivity contribution in [3.63, 3.8) is 0 Å². The van der Waals surface area contributed by atoms with Gasteiger partial charge < -0.3 is 10.2 Å². The zero-order valence-electron chi connectivity index (χ0n) is 17.5. The van der Waals surface area contributed by atoms with Crippen molar-refractivity contribution in [1.29, 1.82) is 0 Å². The molecule has 2 unspecified atom stereocenters. The molecule has 0 aliphatic heterocycles.